The van der Waals surface area contributed by atoms with Gasteiger partial charge in [0.25, 0.3) is 0 Å². The third-order valence-electron chi connectivity index (χ3n) is 3.23. The van der Waals surface area contributed by atoms with Crippen LogP contribution in [-0.4, -0.2) is 42.5 Å². The first-order valence-corrected chi connectivity index (χ1v) is 4.97. The number of likely N-dealkylation sites (tertiary alicyclic amines) is 1. The molecule has 82 valence electrons. The Hall–Kier alpha value is -0.320. The van der Waals surface area contributed by atoms with Crippen LogP contribution in [0.25, 0.3) is 0 Å². The zero-order valence-electron chi connectivity index (χ0n) is 8.40. The summed E-state index contributed by atoms with van der Waals surface area (Å²) >= 11 is 0. The molecule has 2 heterocycles. The van der Waals surface area contributed by atoms with Crippen molar-refractivity contribution in [3.63, 3.8) is 0 Å². The van der Waals surface area contributed by atoms with Crippen LogP contribution in [0.15, 0.2) is 0 Å². The lowest BCUT2D eigenvalue weighted by Gasteiger charge is -2.32. The summed E-state index contributed by atoms with van der Waals surface area (Å²) < 4.78 is 0. The second-order valence-corrected chi connectivity index (χ2v) is 4.08. The molecular formula is C9H18ClN3O. The van der Waals surface area contributed by atoms with E-state index in [1.54, 1.807) is 0 Å². The zero-order chi connectivity index (χ0) is 9.42. The van der Waals surface area contributed by atoms with Gasteiger partial charge in [0.05, 0.1) is 5.92 Å². The van der Waals surface area contributed by atoms with E-state index in [4.69, 9.17) is 5.73 Å². The van der Waals surface area contributed by atoms with Gasteiger partial charge in [0.2, 0.25) is 5.91 Å². The van der Waals surface area contributed by atoms with Gasteiger partial charge in [-0.3, -0.25) is 4.79 Å². The molecule has 2 aliphatic heterocycles. The van der Waals surface area contributed by atoms with Gasteiger partial charge in [-0.15, -0.1) is 12.4 Å². The van der Waals surface area contributed by atoms with Gasteiger partial charge in [-0.05, 0) is 13.3 Å². The summed E-state index contributed by atoms with van der Waals surface area (Å²) in [7, 11) is 0. The Bertz CT molecular complexity index is 220. The second-order valence-electron chi connectivity index (χ2n) is 4.08. The van der Waals surface area contributed by atoms with Crippen molar-refractivity contribution in [2.75, 3.05) is 19.6 Å². The van der Waals surface area contributed by atoms with Crippen molar-refractivity contribution in [2.45, 2.75) is 25.4 Å². The topological polar surface area (TPSA) is 58.4 Å². The molecule has 0 bridgehead atoms. The predicted molar refractivity (Wildman–Crippen MR) is 57.4 cm³/mol. The second kappa shape index (κ2) is 4.47. The average molecular weight is 220 g/mol. The van der Waals surface area contributed by atoms with Crippen molar-refractivity contribution in [3.8, 4) is 0 Å². The number of nitrogens with two attached hydrogens (primary N) is 1. The van der Waals surface area contributed by atoms with E-state index in [1.807, 2.05) is 11.8 Å². The number of hydrogen-bond acceptors (Lipinski definition) is 3. The molecule has 2 aliphatic rings. The van der Waals surface area contributed by atoms with Crippen molar-refractivity contribution < 1.29 is 4.79 Å². The highest BCUT2D eigenvalue weighted by molar-refractivity contribution is 5.85. The first-order valence-electron chi connectivity index (χ1n) is 4.97. The molecule has 14 heavy (non-hydrogen) atoms. The highest BCUT2D eigenvalue weighted by Crippen LogP contribution is 2.19. The van der Waals surface area contributed by atoms with Gasteiger partial charge >= 0.3 is 0 Å². The molecule has 2 atom stereocenters. The van der Waals surface area contributed by atoms with Gasteiger partial charge < -0.3 is 16.0 Å². The number of halogens is 1. The van der Waals surface area contributed by atoms with Crippen LogP contribution in [-0.2, 0) is 4.79 Å². The summed E-state index contributed by atoms with van der Waals surface area (Å²) in [5.74, 6) is 0.506. The van der Waals surface area contributed by atoms with Crippen LogP contribution in [0.4, 0.5) is 0 Å². The van der Waals surface area contributed by atoms with Crippen molar-refractivity contribution >= 4 is 18.3 Å². The van der Waals surface area contributed by atoms with Gasteiger partial charge in [-0.25, -0.2) is 0 Å². The molecule has 0 aromatic carbocycles. The molecule has 0 aromatic heterocycles. The first-order chi connectivity index (χ1) is 6.20. The molecule has 3 N–H and O–H groups in total. The van der Waals surface area contributed by atoms with E-state index in [-0.39, 0.29) is 30.4 Å². The Balaban J connectivity index is 0.000000980. The fourth-order valence-electron chi connectivity index (χ4n) is 1.97. The minimum absolute atomic E-state index is 0. The Morgan fingerprint density at radius 1 is 1.50 bits per heavy atom. The third-order valence-corrected chi connectivity index (χ3v) is 3.23. The molecule has 2 saturated heterocycles. The van der Waals surface area contributed by atoms with E-state index < -0.39 is 0 Å². The minimum Gasteiger partial charge on any atom is -0.338 e. The zero-order valence-corrected chi connectivity index (χ0v) is 9.22. The Morgan fingerprint density at radius 2 is 2.14 bits per heavy atom. The molecule has 0 aromatic rings. The Kier molecular flexibility index (Phi) is 3.75. The highest BCUT2D eigenvalue weighted by Gasteiger charge is 2.36. The largest absolute Gasteiger partial charge is 0.338 e. The van der Waals surface area contributed by atoms with E-state index >= 15 is 0 Å². The molecule has 0 radical (unpaired) electrons. The molecule has 0 spiro atoms. The Morgan fingerprint density at radius 3 is 2.50 bits per heavy atom. The number of amides is 1. The molecule has 5 heteroatoms. The van der Waals surface area contributed by atoms with Crippen LogP contribution in [0.1, 0.15) is 13.3 Å². The lowest BCUT2D eigenvalue weighted by Crippen LogP contribution is -2.53. The molecule has 2 unspecified atom stereocenters. The number of rotatable bonds is 1. The van der Waals surface area contributed by atoms with Crippen LogP contribution in [0, 0.1) is 5.92 Å². The van der Waals surface area contributed by atoms with Crippen molar-refractivity contribution in [2.24, 2.45) is 11.7 Å². The normalized spacial score (nSPS) is 32.3. The molecule has 4 nitrogen and oxygen atoms in total. The van der Waals surface area contributed by atoms with E-state index in [2.05, 4.69) is 5.32 Å². The summed E-state index contributed by atoms with van der Waals surface area (Å²) in [6.07, 6.45) is 0.951. The summed E-state index contributed by atoms with van der Waals surface area (Å²) in [6.45, 7) is 4.58. The lowest BCUT2D eigenvalue weighted by atomic mass is 10.0. The summed E-state index contributed by atoms with van der Waals surface area (Å²) in [5.41, 5.74) is 5.86. The van der Waals surface area contributed by atoms with E-state index in [0.29, 0.717) is 5.91 Å². The minimum atomic E-state index is 0. The third kappa shape index (κ3) is 1.87. The molecule has 0 saturated carbocycles. The number of nitrogens with one attached hydrogen (secondary N) is 1. The van der Waals surface area contributed by atoms with E-state index in [9.17, 15) is 4.79 Å². The van der Waals surface area contributed by atoms with Crippen LogP contribution in [0.5, 0.6) is 0 Å². The molecule has 2 rings (SSSR count). The van der Waals surface area contributed by atoms with Crippen LogP contribution in [0.2, 0.25) is 0 Å². The molecular weight excluding hydrogens is 202 g/mol. The van der Waals surface area contributed by atoms with Gasteiger partial charge in [0.15, 0.2) is 0 Å². The summed E-state index contributed by atoms with van der Waals surface area (Å²) in [6, 6.07) is 0.407. The van der Waals surface area contributed by atoms with Crippen molar-refractivity contribution in [1.29, 1.82) is 0 Å². The number of nitrogens with zero attached hydrogens (tertiary/aromatic N) is 1. The first kappa shape index (κ1) is 11.8. The molecule has 2 fully saturated rings. The standard InChI is InChI=1S/C9H17N3O.ClH/c1-6-8(10)2-3-12(6)9(13)7-4-11-5-7;/h6-8,11H,2-5,10H2,1H3;1H. The van der Waals surface area contributed by atoms with Gasteiger partial charge in [-0.2, -0.15) is 0 Å². The van der Waals surface area contributed by atoms with Gasteiger partial charge in [0.1, 0.15) is 0 Å². The summed E-state index contributed by atoms with van der Waals surface area (Å²) in [5, 5.41) is 3.11. The van der Waals surface area contributed by atoms with Crippen LogP contribution >= 0.6 is 12.4 Å². The number of carbonyl (C=O) groups excluding carboxylic acids is 1. The predicted octanol–water partition coefficient (Wildman–Crippen LogP) is -0.424. The van der Waals surface area contributed by atoms with Gasteiger partial charge in [-0.1, -0.05) is 0 Å². The SMILES string of the molecule is CC1C(N)CCN1C(=O)C1CNC1.Cl. The molecule has 1 amide bonds. The number of carbonyl (C=O) groups is 1. The highest BCUT2D eigenvalue weighted by atomic mass is 35.5. The maximum absolute atomic E-state index is 11.8. The Labute approximate surface area is 90.6 Å². The maximum atomic E-state index is 11.8. The maximum Gasteiger partial charge on any atom is 0.228 e. The smallest absolute Gasteiger partial charge is 0.228 e. The fraction of sp³-hybridized carbons (Fsp3) is 0.889. The quantitative estimate of drug-likeness (QED) is 0.630. The van der Waals surface area contributed by atoms with Gasteiger partial charge in [0, 0.05) is 31.7 Å². The van der Waals surface area contributed by atoms with E-state index in [1.165, 1.54) is 0 Å². The lowest BCUT2D eigenvalue weighted by molar-refractivity contribution is -0.137. The van der Waals surface area contributed by atoms with Crippen molar-refractivity contribution in [1.82, 2.24) is 10.2 Å². The summed E-state index contributed by atoms with van der Waals surface area (Å²) in [4.78, 5) is 13.8. The average Bonchev–Trinajstić information content (AvgIpc) is 2.29. The monoisotopic (exact) mass is 219 g/mol. The van der Waals surface area contributed by atoms with E-state index in [0.717, 1.165) is 26.1 Å². The van der Waals surface area contributed by atoms with Crippen LogP contribution in [0.3, 0.4) is 0 Å². The van der Waals surface area contributed by atoms with Crippen molar-refractivity contribution in [3.05, 3.63) is 0 Å². The molecule has 0 aliphatic carbocycles. The van der Waals surface area contributed by atoms with Crippen LogP contribution < -0.4 is 11.1 Å². The fourth-order valence-corrected chi connectivity index (χ4v) is 1.97. The number of hydrogen-bond donors (Lipinski definition) is 2.